The molecule has 0 saturated carbocycles. The molecule has 4 nitrogen and oxygen atoms in total. The number of thiol groups is 1. The predicted molar refractivity (Wildman–Crippen MR) is 75.4 cm³/mol. The molecule has 1 amide bonds. The minimum Gasteiger partial charge on any atom is -0.378 e. The van der Waals surface area contributed by atoms with E-state index in [4.69, 9.17) is 4.74 Å². The molecule has 0 heterocycles. The highest BCUT2D eigenvalue weighted by atomic mass is 32.1. The van der Waals surface area contributed by atoms with Gasteiger partial charge >= 0.3 is 0 Å². The van der Waals surface area contributed by atoms with Gasteiger partial charge in [-0.1, -0.05) is 6.07 Å². The number of carbonyl (C=O) groups excluding carboxylic acids is 1. The van der Waals surface area contributed by atoms with E-state index in [9.17, 15) is 4.79 Å². The highest BCUT2D eigenvalue weighted by Crippen LogP contribution is 2.08. The van der Waals surface area contributed by atoms with Crippen LogP contribution < -0.4 is 5.32 Å². The minimum atomic E-state index is -0.0953. The number of nitrogens with one attached hydrogen (secondary N) is 1. The molecule has 0 aliphatic rings. The molecule has 1 rings (SSSR count). The van der Waals surface area contributed by atoms with Crippen LogP contribution in [0.3, 0.4) is 0 Å². The number of ether oxygens (including phenoxy) is 1. The van der Waals surface area contributed by atoms with Crippen LogP contribution in [-0.4, -0.2) is 51.2 Å². The van der Waals surface area contributed by atoms with Crippen LogP contribution in [0.1, 0.15) is 10.4 Å². The topological polar surface area (TPSA) is 41.6 Å². The van der Waals surface area contributed by atoms with Gasteiger partial charge in [0.05, 0.1) is 13.2 Å². The molecule has 0 saturated heterocycles. The quantitative estimate of drug-likeness (QED) is 0.578. The molecule has 0 aliphatic carbocycles. The number of likely N-dealkylation sites (N-methyl/N-ethyl adjacent to an activating group) is 1. The average Bonchev–Trinajstić information content (AvgIpc) is 2.33. The van der Waals surface area contributed by atoms with Crippen molar-refractivity contribution < 1.29 is 9.53 Å². The summed E-state index contributed by atoms with van der Waals surface area (Å²) in [5, 5.41) is 2.80. The molecule has 18 heavy (non-hydrogen) atoms. The maximum Gasteiger partial charge on any atom is 0.251 e. The molecule has 5 heteroatoms. The third-order valence-electron chi connectivity index (χ3n) is 2.32. The normalized spacial score (nSPS) is 10.7. The number of hydrogen-bond donors (Lipinski definition) is 2. The highest BCUT2D eigenvalue weighted by molar-refractivity contribution is 7.80. The van der Waals surface area contributed by atoms with Crippen LogP contribution >= 0.6 is 12.6 Å². The summed E-state index contributed by atoms with van der Waals surface area (Å²) >= 11 is 4.20. The summed E-state index contributed by atoms with van der Waals surface area (Å²) in [6.45, 7) is 2.61. The van der Waals surface area contributed by atoms with Crippen molar-refractivity contribution in [1.82, 2.24) is 10.2 Å². The van der Waals surface area contributed by atoms with E-state index in [1.54, 1.807) is 12.1 Å². The van der Waals surface area contributed by atoms with Gasteiger partial charge in [0.2, 0.25) is 0 Å². The van der Waals surface area contributed by atoms with E-state index in [1.165, 1.54) is 0 Å². The molecule has 100 valence electrons. The standard InChI is InChI=1S/C13H20N2O2S/c1-15(2)7-9-17-8-6-14-13(16)11-4-3-5-12(18)10-11/h3-5,10,18H,6-9H2,1-2H3,(H,14,16). The number of hydrogen-bond acceptors (Lipinski definition) is 4. The van der Waals surface area contributed by atoms with Gasteiger partial charge in [-0.05, 0) is 32.3 Å². The Kier molecular flexibility index (Phi) is 6.78. The summed E-state index contributed by atoms with van der Waals surface area (Å²) in [5.41, 5.74) is 0.621. The third kappa shape index (κ3) is 6.05. The predicted octanol–water partition coefficient (Wildman–Crippen LogP) is 1.28. The Morgan fingerprint density at radius 3 is 2.83 bits per heavy atom. The van der Waals surface area contributed by atoms with Gasteiger partial charge in [-0.3, -0.25) is 4.79 Å². The van der Waals surface area contributed by atoms with Crippen molar-refractivity contribution in [3.05, 3.63) is 29.8 Å². The molecule has 1 aromatic rings. The van der Waals surface area contributed by atoms with Crippen molar-refractivity contribution in [1.29, 1.82) is 0 Å². The summed E-state index contributed by atoms with van der Waals surface area (Å²) in [6, 6.07) is 7.16. The van der Waals surface area contributed by atoms with E-state index in [1.807, 2.05) is 26.2 Å². The van der Waals surface area contributed by atoms with Crippen molar-refractivity contribution in [2.45, 2.75) is 4.90 Å². The van der Waals surface area contributed by atoms with Crippen LogP contribution in [0.4, 0.5) is 0 Å². The number of rotatable bonds is 7. The molecule has 0 aliphatic heterocycles. The first-order valence-corrected chi connectivity index (χ1v) is 6.34. The minimum absolute atomic E-state index is 0.0953. The van der Waals surface area contributed by atoms with Crippen LogP contribution in [0.25, 0.3) is 0 Å². The van der Waals surface area contributed by atoms with Crippen LogP contribution in [0.15, 0.2) is 29.2 Å². The van der Waals surface area contributed by atoms with Crippen LogP contribution in [-0.2, 0) is 4.74 Å². The Labute approximate surface area is 114 Å². The van der Waals surface area contributed by atoms with Crippen molar-refractivity contribution in [3.63, 3.8) is 0 Å². The molecular formula is C13H20N2O2S. The maximum atomic E-state index is 11.7. The SMILES string of the molecule is CN(C)CCOCCNC(=O)c1cccc(S)c1. The molecular weight excluding hydrogens is 248 g/mol. The molecule has 1 aromatic carbocycles. The fourth-order valence-corrected chi connectivity index (χ4v) is 1.56. The second kappa shape index (κ2) is 8.13. The zero-order valence-electron chi connectivity index (χ0n) is 10.8. The summed E-state index contributed by atoms with van der Waals surface area (Å²) in [4.78, 5) is 14.6. The fraction of sp³-hybridized carbons (Fsp3) is 0.462. The Morgan fingerprint density at radius 2 is 2.17 bits per heavy atom. The van der Waals surface area contributed by atoms with Gasteiger partial charge < -0.3 is 15.0 Å². The van der Waals surface area contributed by atoms with Gasteiger partial charge in [0.1, 0.15) is 0 Å². The maximum absolute atomic E-state index is 11.7. The van der Waals surface area contributed by atoms with Gasteiger partial charge in [-0.15, -0.1) is 12.6 Å². The van der Waals surface area contributed by atoms with Gasteiger partial charge in [0.25, 0.3) is 5.91 Å². The average molecular weight is 268 g/mol. The third-order valence-corrected chi connectivity index (χ3v) is 2.60. The number of carbonyl (C=O) groups is 1. The van der Waals surface area contributed by atoms with Gasteiger partial charge in [0.15, 0.2) is 0 Å². The first kappa shape index (κ1) is 15.0. The summed E-state index contributed by atoms with van der Waals surface area (Å²) in [5.74, 6) is -0.0953. The lowest BCUT2D eigenvalue weighted by Gasteiger charge is -2.10. The molecule has 0 unspecified atom stereocenters. The van der Waals surface area contributed by atoms with Crippen molar-refractivity contribution in [2.75, 3.05) is 40.4 Å². The van der Waals surface area contributed by atoms with Gasteiger partial charge in [0, 0.05) is 23.5 Å². The van der Waals surface area contributed by atoms with E-state index in [0.29, 0.717) is 25.3 Å². The first-order valence-electron chi connectivity index (χ1n) is 5.89. The Morgan fingerprint density at radius 1 is 1.39 bits per heavy atom. The second-order valence-corrected chi connectivity index (χ2v) is 4.74. The lowest BCUT2D eigenvalue weighted by molar-refractivity contribution is 0.0900. The number of amides is 1. The summed E-state index contributed by atoms with van der Waals surface area (Å²) < 4.78 is 5.38. The molecule has 0 atom stereocenters. The van der Waals surface area contributed by atoms with E-state index in [0.717, 1.165) is 11.4 Å². The summed E-state index contributed by atoms with van der Waals surface area (Å²) in [7, 11) is 3.99. The van der Waals surface area contributed by atoms with Gasteiger partial charge in [-0.25, -0.2) is 0 Å². The zero-order chi connectivity index (χ0) is 13.4. The number of nitrogens with zero attached hydrogens (tertiary/aromatic N) is 1. The van der Waals surface area contributed by atoms with E-state index in [2.05, 4.69) is 22.8 Å². The van der Waals surface area contributed by atoms with E-state index in [-0.39, 0.29) is 5.91 Å². The molecule has 0 fully saturated rings. The molecule has 0 spiro atoms. The van der Waals surface area contributed by atoms with Crippen LogP contribution in [0.5, 0.6) is 0 Å². The molecule has 0 aromatic heterocycles. The fourth-order valence-electron chi connectivity index (χ4n) is 1.34. The second-order valence-electron chi connectivity index (χ2n) is 4.22. The van der Waals surface area contributed by atoms with Crippen LogP contribution in [0.2, 0.25) is 0 Å². The monoisotopic (exact) mass is 268 g/mol. The zero-order valence-corrected chi connectivity index (χ0v) is 11.7. The Bertz CT molecular complexity index is 383. The Balaban J connectivity index is 2.18. The van der Waals surface area contributed by atoms with Crippen molar-refractivity contribution >= 4 is 18.5 Å². The summed E-state index contributed by atoms with van der Waals surface area (Å²) in [6.07, 6.45) is 0. The number of benzene rings is 1. The lowest BCUT2D eigenvalue weighted by Crippen LogP contribution is -2.28. The highest BCUT2D eigenvalue weighted by Gasteiger charge is 2.04. The molecule has 1 N–H and O–H groups in total. The van der Waals surface area contributed by atoms with E-state index >= 15 is 0 Å². The van der Waals surface area contributed by atoms with Gasteiger partial charge in [-0.2, -0.15) is 0 Å². The Hall–Kier alpha value is -1.04. The van der Waals surface area contributed by atoms with Crippen LogP contribution in [0, 0.1) is 0 Å². The van der Waals surface area contributed by atoms with Crippen molar-refractivity contribution in [3.8, 4) is 0 Å². The molecule has 0 radical (unpaired) electrons. The lowest BCUT2D eigenvalue weighted by atomic mass is 10.2. The largest absolute Gasteiger partial charge is 0.378 e. The molecule has 0 bridgehead atoms. The van der Waals surface area contributed by atoms with Crippen molar-refractivity contribution in [2.24, 2.45) is 0 Å². The first-order chi connectivity index (χ1) is 8.59. The van der Waals surface area contributed by atoms with E-state index < -0.39 is 0 Å². The smallest absolute Gasteiger partial charge is 0.251 e.